The van der Waals surface area contributed by atoms with Crippen molar-refractivity contribution in [3.05, 3.63) is 28.8 Å². The van der Waals surface area contributed by atoms with Crippen molar-refractivity contribution in [1.82, 2.24) is 5.32 Å². The van der Waals surface area contributed by atoms with Crippen molar-refractivity contribution >= 4 is 29.3 Å². The molecule has 2 amide bonds. The molecule has 0 aliphatic heterocycles. The number of amides is 2. The van der Waals surface area contributed by atoms with Gasteiger partial charge in [-0.2, -0.15) is 0 Å². The van der Waals surface area contributed by atoms with Gasteiger partial charge in [0, 0.05) is 11.1 Å². The Bertz CT molecular complexity index is 477. The number of halogens is 1. The molecule has 1 aromatic carbocycles. The SMILES string of the molecule is CCCC(C)NC(=O)Nc1cc(Cl)ccc1C(=O)O. The summed E-state index contributed by atoms with van der Waals surface area (Å²) in [6, 6.07) is 3.82. The van der Waals surface area contributed by atoms with Crippen LogP contribution in [0.25, 0.3) is 0 Å². The number of rotatable bonds is 5. The molecule has 0 radical (unpaired) electrons. The van der Waals surface area contributed by atoms with Gasteiger partial charge >= 0.3 is 12.0 Å². The maximum Gasteiger partial charge on any atom is 0.337 e. The molecule has 6 heteroatoms. The molecule has 0 aliphatic rings. The van der Waals surface area contributed by atoms with Gasteiger partial charge in [0.15, 0.2) is 0 Å². The Morgan fingerprint density at radius 1 is 1.42 bits per heavy atom. The number of urea groups is 1. The minimum atomic E-state index is -1.12. The van der Waals surface area contributed by atoms with Crippen LogP contribution in [0, 0.1) is 0 Å². The number of benzene rings is 1. The molecule has 1 unspecified atom stereocenters. The number of carbonyl (C=O) groups is 2. The Labute approximate surface area is 117 Å². The van der Waals surface area contributed by atoms with Crippen LogP contribution in [0.15, 0.2) is 18.2 Å². The minimum absolute atomic E-state index is 0.00249. The van der Waals surface area contributed by atoms with E-state index in [1.807, 2.05) is 13.8 Å². The summed E-state index contributed by atoms with van der Waals surface area (Å²) in [5, 5.41) is 14.6. The van der Waals surface area contributed by atoms with Gasteiger partial charge in [0.1, 0.15) is 0 Å². The van der Waals surface area contributed by atoms with Crippen LogP contribution in [0.3, 0.4) is 0 Å². The fraction of sp³-hybridized carbons (Fsp3) is 0.385. The van der Waals surface area contributed by atoms with Gasteiger partial charge in [0.2, 0.25) is 0 Å². The van der Waals surface area contributed by atoms with Crippen molar-refractivity contribution in [1.29, 1.82) is 0 Å². The predicted molar refractivity (Wildman–Crippen MR) is 74.9 cm³/mol. The standard InChI is InChI=1S/C13H17ClN2O3/c1-3-4-8(2)15-13(19)16-11-7-9(14)5-6-10(11)12(17)18/h5-8H,3-4H2,1-2H3,(H,17,18)(H2,15,16,19). The van der Waals surface area contributed by atoms with Crippen LogP contribution in [0.5, 0.6) is 0 Å². The molecule has 1 rings (SSSR count). The molecule has 0 heterocycles. The molecule has 0 bridgehead atoms. The van der Waals surface area contributed by atoms with Gasteiger partial charge in [-0.1, -0.05) is 24.9 Å². The molecule has 0 aliphatic carbocycles. The highest BCUT2D eigenvalue weighted by molar-refractivity contribution is 6.31. The third-order valence-corrected chi connectivity index (χ3v) is 2.79. The van der Waals surface area contributed by atoms with Gasteiger partial charge in [-0.05, 0) is 31.5 Å². The van der Waals surface area contributed by atoms with Crippen LogP contribution >= 0.6 is 11.6 Å². The van der Waals surface area contributed by atoms with Crippen LogP contribution in [-0.4, -0.2) is 23.1 Å². The maximum absolute atomic E-state index is 11.7. The predicted octanol–water partition coefficient (Wildman–Crippen LogP) is 3.35. The van der Waals surface area contributed by atoms with E-state index < -0.39 is 12.0 Å². The van der Waals surface area contributed by atoms with Crippen LogP contribution in [0.4, 0.5) is 10.5 Å². The molecular weight excluding hydrogens is 268 g/mol. The third kappa shape index (κ3) is 4.79. The number of carbonyl (C=O) groups excluding carboxylic acids is 1. The first-order valence-corrected chi connectivity index (χ1v) is 6.42. The van der Waals surface area contributed by atoms with Gasteiger partial charge in [-0.15, -0.1) is 0 Å². The van der Waals surface area contributed by atoms with Crippen molar-refractivity contribution in [2.45, 2.75) is 32.7 Å². The number of carboxylic acids is 1. The second kappa shape index (κ2) is 6.99. The molecule has 19 heavy (non-hydrogen) atoms. The van der Waals surface area contributed by atoms with Crippen LogP contribution < -0.4 is 10.6 Å². The van der Waals surface area contributed by atoms with E-state index >= 15 is 0 Å². The van der Waals surface area contributed by atoms with Crippen LogP contribution in [0.2, 0.25) is 5.02 Å². The van der Waals surface area contributed by atoms with Crippen molar-refractivity contribution in [2.24, 2.45) is 0 Å². The first kappa shape index (κ1) is 15.3. The molecule has 0 saturated heterocycles. The lowest BCUT2D eigenvalue weighted by Crippen LogP contribution is -2.36. The zero-order chi connectivity index (χ0) is 14.4. The van der Waals surface area contributed by atoms with E-state index in [0.29, 0.717) is 5.02 Å². The number of nitrogens with one attached hydrogen (secondary N) is 2. The Hall–Kier alpha value is -1.75. The number of anilines is 1. The highest BCUT2D eigenvalue weighted by Gasteiger charge is 2.13. The largest absolute Gasteiger partial charge is 0.478 e. The minimum Gasteiger partial charge on any atom is -0.478 e. The molecule has 0 aromatic heterocycles. The molecule has 0 spiro atoms. The lowest BCUT2D eigenvalue weighted by Gasteiger charge is -2.14. The van der Waals surface area contributed by atoms with Gasteiger partial charge in [0.25, 0.3) is 0 Å². The summed E-state index contributed by atoms with van der Waals surface area (Å²) in [5.74, 6) is -1.12. The van der Waals surface area contributed by atoms with E-state index in [1.54, 1.807) is 0 Å². The summed E-state index contributed by atoms with van der Waals surface area (Å²) < 4.78 is 0. The van der Waals surface area contributed by atoms with Crippen LogP contribution in [-0.2, 0) is 0 Å². The van der Waals surface area contributed by atoms with Gasteiger partial charge in [-0.3, -0.25) is 0 Å². The van der Waals surface area contributed by atoms with E-state index in [0.717, 1.165) is 12.8 Å². The van der Waals surface area contributed by atoms with Crippen molar-refractivity contribution in [3.63, 3.8) is 0 Å². The lowest BCUT2D eigenvalue weighted by molar-refractivity contribution is 0.0698. The van der Waals surface area contributed by atoms with E-state index in [-0.39, 0.29) is 17.3 Å². The summed E-state index contributed by atoms with van der Waals surface area (Å²) in [6.07, 6.45) is 1.81. The summed E-state index contributed by atoms with van der Waals surface area (Å²) >= 11 is 5.80. The Morgan fingerprint density at radius 2 is 2.11 bits per heavy atom. The first-order chi connectivity index (χ1) is 8.93. The Kier molecular flexibility index (Phi) is 5.63. The zero-order valence-electron chi connectivity index (χ0n) is 10.9. The average molecular weight is 285 g/mol. The summed E-state index contributed by atoms with van der Waals surface area (Å²) in [6.45, 7) is 3.91. The van der Waals surface area contributed by atoms with E-state index in [4.69, 9.17) is 16.7 Å². The van der Waals surface area contributed by atoms with Crippen molar-refractivity contribution in [3.8, 4) is 0 Å². The molecule has 5 nitrogen and oxygen atoms in total. The topological polar surface area (TPSA) is 78.4 Å². The molecular formula is C13H17ClN2O3. The van der Waals surface area contributed by atoms with Gasteiger partial charge in [0.05, 0.1) is 11.3 Å². The molecule has 1 atom stereocenters. The normalized spacial score (nSPS) is 11.7. The van der Waals surface area contributed by atoms with E-state index in [9.17, 15) is 9.59 Å². The summed E-state index contributed by atoms with van der Waals surface area (Å²) in [4.78, 5) is 22.8. The van der Waals surface area contributed by atoms with Crippen molar-refractivity contribution < 1.29 is 14.7 Å². The van der Waals surface area contributed by atoms with Crippen molar-refractivity contribution in [2.75, 3.05) is 5.32 Å². The second-order valence-electron chi connectivity index (χ2n) is 4.28. The molecule has 104 valence electrons. The lowest BCUT2D eigenvalue weighted by atomic mass is 10.2. The number of hydrogen-bond acceptors (Lipinski definition) is 2. The Morgan fingerprint density at radius 3 is 2.68 bits per heavy atom. The fourth-order valence-electron chi connectivity index (χ4n) is 1.69. The Balaban J connectivity index is 2.78. The van der Waals surface area contributed by atoms with E-state index in [2.05, 4.69) is 10.6 Å². The highest BCUT2D eigenvalue weighted by Crippen LogP contribution is 2.21. The summed E-state index contributed by atoms with van der Waals surface area (Å²) in [5.41, 5.74) is 0.184. The number of aromatic carboxylic acids is 1. The van der Waals surface area contributed by atoms with Gasteiger partial charge in [-0.25, -0.2) is 9.59 Å². The maximum atomic E-state index is 11.7. The van der Waals surface area contributed by atoms with E-state index in [1.165, 1.54) is 18.2 Å². The van der Waals surface area contributed by atoms with Crippen LogP contribution in [0.1, 0.15) is 37.0 Å². The summed E-state index contributed by atoms with van der Waals surface area (Å²) in [7, 11) is 0. The highest BCUT2D eigenvalue weighted by atomic mass is 35.5. The third-order valence-electron chi connectivity index (χ3n) is 2.56. The smallest absolute Gasteiger partial charge is 0.337 e. The molecule has 1 aromatic rings. The second-order valence-corrected chi connectivity index (χ2v) is 4.72. The zero-order valence-corrected chi connectivity index (χ0v) is 11.6. The molecule has 3 N–H and O–H groups in total. The molecule has 0 fully saturated rings. The van der Waals surface area contributed by atoms with Gasteiger partial charge < -0.3 is 15.7 Å². The first-order valence-electron chi connectivity index (χ1n) is 6.04. The average Bonchev–Trinajstić information content (AvgIpc) is 2.28. The monoisotopic (exact) mass is 284 g/mol. The number of carboxylic acid groups (broad SMARTS) is 1. The quantitative estimate of drug-likeness (QED) is 0.776. The molecule has 0 saturated carbocycles. The number of hydrogen-bond donors (Lipinski definition) is 3. The fourth-order valence-corrected chi connectivity index (χ4v) is 1.87.